The fourth-order valence-corrected chi connectivity index (χ4v) is 1.74. The van der Waals surface area contributed by atoms with Crippen molar-refractivity contribution < 1.29 is 17.9 Å². The molecule has 0 aliphatic rings. The molecule has 0 amide bonds. The molecule has 3 N–H and O–H groups in total. The van der Waals surface area contributed by atoms with Gasteiger partial charge in [0.1, 0.15) is 6.33 Å². The van der Waals surface area contributed by atoms with Crippen LogP contribution in [0.15, 0.2) is 24.5 Å². The smallest absolute Gasteiger partial charge is 0.416 e. The van der Waals surface area contributed by atoms with Crippen LogP contribution < -0.4 is 15.8 Å². The van der Waals surface area contributed by atoms with Gasteiger partial charge in [-0.25, -0.2) is 9.97 Å². The molecule has 0 bridgehead atoms. The Balaban J connectivity index is 2.42. The minimum absolute atomic E-state index is 0.0969. The first-order valence-corrected chi connectivity index (χ1v) is 5.92. The molecule has 1 aromatic heterocycles. The Morgan fingerprint density at radius 1 is 1.24 bits per heavy atom. The molecular weight excluding hydrogens is 285 g/mol. The molecule has 0 saturated heterocycles. The standard InChI is InChI=1S/C13H13F3N4O/c1-7-3-4-8(13(14,15)16)5-9(7)20-12-10(21-2)11(17)18-6-19-12/h3-6H,1-2H3,(H3,17,18,19,20). The molecule has 21 heavy (non-hydrogen) atoms. The first-order valence-electron chi connectivity index (χ1n) is 5.92. The van der Waals surface area contributed by atoms with Crippen LogP contribution in [0.4, 0.5) is 30.5 Å². The highest BCUT2D eigenvalue weighted by molar-refractivity contribution is 5.70. The average Bonchev–Trinajstić information content (AvgIpc) is 2.40. The maximum absolute atomic E-state index is 12.7. The Morgan fingerprint density at radius 3 is 2.57 bits per heavy atom. The fourth-order valence-electron chi connectivity index (χ4n) is 1.74. The molecule has 1 aromatic carbocycles. The molecular formula is C13H13F3N4O. The van der Waals surface area contributed by atoms with Gasteiger partial charge in [0.2, 0.25) is 5.75 Å². The van der Waals surface area contributed by atoms with Crippen LogP contribution in [0.25, 0.3) is 0 Å². The molecule has 0 spiro atoms. The molecule has 0 fully saturated rings. The van der Waals surface area contributed by atoms with Crippen LogP contribution >= 0.6 is 0 Å². The lowest BCUT2D eigenvalue weighted by Crippen LogP contribution is -2.07. The Morgan fingerprint density at radius 2 is 1.95 bits per heavy atom. The number of aromatic nitrogens is 2. The van der Waals surface area contributed by atoms with E-state index >= 15 is 0 Å². The summed E-state index contributed by atoms with van der Waals surface area (Å²) in [4.78, 5) is 7.68. The molecule has 2 aromatic rings. The van der Waals surface area contributed by atoms with Gasteiger partial charge in [0, 0.05) is 5.69 Å². The number of methoxy groups -OCH3 is 1. The third-order valence-corrected chi connectivity index (χ3v) is 2.85. The molecule has 112 valence electrons. The summed E-state index contributed by atoms with van der Waals surface area (Å²) in [6.07, 6.45) is -3.22. The van der Waals surface area contributed by atoms with Gasteiger partial charge >= 0.3 is 6.18 Å². The van der Waals surface area contributed by atoms with E-state index in [1.165, 1.54) is 19.5 Å². The number of nitrogens with one attached hydrogen (secondary N) is 1. The van der Waals surface area contributed by atoms with Gasteiger partial charge in [-0.3, -0.25) is 0 Å². The van der Waals surface area contributed by atoms with E-state index in [9.17, 15) is 13.2 Å². The number of nitrogen functional groups attached to an aromatic ring is 1. The van der Waals surface area contributed by atoms with E-state index in [0.29, 0.717) is 5.56 Å². The number of benzene rings is 1. The van der Waals surface area contributed by atoms with E-state index in [-0.39, 0.29) is 23.1 Å². The third-order valence-electron chi connectivity index (χ3n) is 2.85. The minimum atomic E-state index is -4.42. The molecule has 0 radical (unpaired) electrons. The van der Waals surface area contributed by atoms with Crippen LogP contribution in [0.2, 0.25) is 0 Å². The van der Waals surface area contributed by atoms with Crippen LogP contribution in [-0.4, -0.2) is 17.1 Å². The van der Waals surface area contributed by atoms with E-state index in [1.807, 2.05) is 0 Å². The van der Waals surface area contributed by atoms with E-state index in [1.54, 1.807) is 6.92 Å². The van der Waals surface area contributed by atoms with Gasteiger partial charge in [0.25, 0.3) is 0 Å². The third kappa shape index (κ3) is 3.15. The number of ether oxygens (including phenoxy) is 1. The summed E-state index contributed by atoms with van der Waals surface area (Å²) < 4.78 is 43.3. The minimum Gasteiger partial charge on any atom is -0.490 e. The summed E-state index contributed by atoms with van der Waals surface area (Å²) in [7, 11) is 1.37. The van der Waals surface area contributed by atoms with Gasteiger partial charge in [-0.05, 0) is 24.6 Å². The monoisotopic (exact) mass is 298 g/mol. The average molecular weight is 298 g/mol. The Hall–Kier alpha value is -2.51. The molecule has 0 aliphatic heterocycles. The second-order valence-electron chi connectivity index (χ2n) is 4.29. The van der Waals surface area contributed by atoms with Crippen molar-refractivity contribution in [3.8, 4) is 5.75 Å². The lowest BCUT2D eigenvalue weighted by atomic mass is 10.1. The first-order chi connectivity index (χ1) is 9.82. The molecule has 5 nitrogen and oxygen atoms in total. The van der Waals surface area contributed by atoms with Crippen molar-refractivity contribution in [3.63, 3.8) is 0 Å². The van der Waals surface area contributed by atoms with Crippen molar-refractivity contribution >= 4 is 17.3 Å². The second-order valence-corrected chi connectivity index (χ2v) is 4.29. The number of nitrogens with two attached hydrogens (primary N) is 1. The largest absolute Gasteiger partial charge is 0.490 e. The van der Waals surface area contributed by atoms with Crippen molar-refractivity contribution in [2.75, 3.05) is 18.2 Å². The zero-order valence-electron chi connectivity index (χ0n) is 11.3. The highest BCUT2D eigenvalue weighted by Crippen LogP contribution is 2.35. The van der Waals surface area contributed by atoms with Gasteiger partial charge in [-0.2, -0.15) is 13.2 Å². The predicted octanol–water partition coefficient (Wildman–Crippen LogP) is 3.14. The topological polar surface area (TPSA) is 73.1 Å². The quantitative estimate of drug-likeness (QED) is 0.910. The van der Waals surface area contributed by atoms with E-state index in [0.717, 1.165) is 12.1 Å². The molecule has 0 atom stereocenters. The molecule has 2 rings (SSSR count). The van der Waals surface area contributed by atoms with Crippen molar-refractivity contribution in [1.29, 1.82) is 0 Å². The predicted molar refractivity (Wildman–Crippen MR) is 72.5 cm³/mol. The van der Waals surface area contributed by atoms with Crippen LogP contribution in [0, 0.1) is 6.92 Å². The number of rotatable bonds is 3. The summed E-state index contributed by atoms with van der Waals surface area (Å²) in [5, 5.41) is 2.79. The van der Waals surface area contributed by atoms with Gasteiger partial charge in [-0.15, -0.1) is 0 Å². The van der Waals surface area contributed by atoms with Gasteiger partial charge < -0.3 is 15.8 Å². The Kier molecular flexibility index (Phi) is 3.88. The lowest BCUT2D eigenvalue weighted by molar-refractivity contribution is -0.137. The Labute approximate surface area is 119 Å². The number of alkyl halides is 3. The second kappa shape index (κ2) is 5.47. The van der Waals surface area contributed by atoms with E-state index in [4.69, 9.17) is 10.5 Å². The number of hydrogen-bond acceptors (Lipinski definition) is 5. The number of anilines is 3. The molecule has 8 heteroatoms. The highest BCUT2D eigenvalue weighted by atomic mass is 19.4. The number of hydrogen-bond donors (Lipinski definition) is 2. The van der Waals surface area contributed by atoms with E-state index < -0.39 is 11.7 Å². The van der Waals surface area contributed by atoms with Crippen LogP contribution in [0.1, 0.15) is 11.1 Å². The van der Waals surface area contributed by atoms with Gasteiger partial charge in [-0.1, -0.05) is 6.07 Å². The number of aryl methyl sites for hydroxylation is 1. The SMILES string of the molecule is COc1c(N)ncnc1Nc1cc(C(F)(F)F)ccc1C. The molecule has 0 aliphatic carbocycles. The van der Waals surface area contributed by atoms with Crippen LogP contribution in [0.5, 0.6) is 5.75 Å². The maximum atomic E-state index is 12.7. The van der Waals surface area contributed by atoms with Crippen molar-refractivity contribution in [2.24, 2.45) is 0 Å². The zero-order chi connectivity index (χ0) is 15.6. The summed E-state index contributed by atoms with van der Waals surface area (Å²) in [6, 6.07) is 3.40. The van der Waals surface area contributed by atoms with Crippen molar-refractivity contribution in [2.45, 2.75) is 13.1 Å². The van der Waals surface area contributed by atoms with Gasteiger partial charge in [0.05, 0.1) is 12.7 Å². The summed E-state index contributed by atoms with van der Waals surface area (Å²) in [5.41, 5.74) is 5.77. The molecule has 0 unspecified atom stereocenters. The van der Waals surface area contributed by atoms with Crippen molar-refractivity contribution in [3.05, 3.63) is 35.7 Å². The van der Waals surface area contributed by atoms with Crippen molar-refractivity contribution in [1.82, 2.24) is 9.97 Å². The fraction of sp³-hybridized carbons (Fsp3) is 0.231. The lowest BCUT2D eigenvalue weighted by Gasteiger charge is -2.15. The summed E-state index contributed by atoms with van der Waals surface area (Å²) in [5.74, 6) is 0.473. The summed E-state index contributed by atoms with van der Waals surface area (Å²) >= 11 is 0. The van der Waals surface area contributed by atoms with Crippen LogP contribution in [-0.2, 0) is 6.18 Å². The molecule has 0 saturated carbocycles. The maximum Gasteiger partial charge on any atom is 0.416 e. The van der Waals surface area contributed by atoms with Crippen LogP contribution in [0.3, 0.4) is 0 Å². The molecule has 1 heterocycles. The Bertz CT molecular complexity index is 658. The first kappa shape index (κ1) is 14.9. The highest BCUT2D eigenvalue weighted by Gasteiger charge is 2.30. The normalized spacial score (nSPS) is 11.3. The zero-order valence-corrected chi connectivity index (χ0v) is 11.3. The van der Waals surface area contributed by atoms with E-state index in [2.05, 4.69) is 15.3 Å². The summed E-state index contributed by atoms with van der Waals surface area (Å²) in [6.45, 7) is 1.68. The number of nitrogens with zero attached hydrogens (tertiary/aromatic N) is 2. The van der Waals surface area contributed by atoms with Gasteiger partial charge in [0.15, 0.2) is 11.6 Å². The number of halogens is 3.